The minimum Gasteiger partial charge on any atom is -0.385 e. The lowest BCUT2D eigenvalue weighted by Gasteiger charge is -2.16. The second-order valence-corrected chi connectivity index (χ2v) is 3.36. The Bertz CT molecular complexity index is 220. The van der Waals surface area contributed by atoms with Crippen LogP contribution in [0, 0.1) is 0 Å². The normalized spacial score (nSPS) is 30.5. The van der Waals surface area contributed by atoms with E-state index in [1.807, 2.05) is 10.2 Å². The van der Waals surface area contributed by atoms with E-state index in [2.05, 4.69) is 22.6 Å². The van der Waals surface area contributed by atoms with E-state index in [-0.39, 0.29) is 12.2 Å². The van der Waals surface area contributed by atoms with Crippen molar-refractivity contribution in [2.75, 3.05) is 0 Å². The molecular formula is C8H9IO2. The lowest BCUT2D eigenvalue weighted by molar-refractivity contribution is -0.116. The Morgan fingerprint density at radius 1 is 1.82 bits per heavy atom. The van der Waals surface area contributed by atoms with Gasteiger partial charge in [0, 0.05) is 6.42 Å². The molecule has 0 amide bonds. The van der Waals surface area contributed by atoms with E-state index in [0.717, 1.165) is 0 Å². The molecule has 2 nitrogen and oxygen atoms in total. The van der Waals surface area contributed by atoms with Crippen molar-refractivity contribution in [1.82, 2.24) is 0 Å². The molecular weight excluding hydrogens is 255 g/mol. The molecule has 0 saturated carbocycles. The zero-order valence-electron chi connectivity index (χ0n) is 5.96. The molecule has 0 aliphatic heterocycles. The molecule has 1 aliphatic rings. The molecule has 0 aromatic heterocycles. The van der Waals surface area contributed by atoms with Gasteiger partial charge in [-0.15, -0.1) is 0 Å². The zero-order valence-corrected chi connectivity index (χ0v) is 8.11. The van der Waals surface area contributed by atoms with Crippen LogP contribution in [0.5, 0.6) is 0 Å². The minimum absolute atomic E-state index is 0.00866. The van der Waals surface area contributed by atoms with Crippen LogP contribution in [0.3, 0.4) is 0 Å². The average molecular weight is 264 g/mol. The second kappa shape index (κ2) is 3.49. The molecule has 1 aliphatic carbocycles. The van der Waals surface area contributed by atoms with Gasteiger partial charge >= 0.3 is 0 Å². The Morgan fingerprint density at radius 3 is 3.00 bits per heavy atom. The summed E-state index contributed by atoms with van der Waals surface area (Å²) in [4.78, 5) is 10.7. The summed E-state index contributed by atoms with van der Waals surface area (Å²) < 4.78 is 1.84. The molecule has 1 rings (SSSR count). The van der Waals surface area contributed by atoms with Crippen molar-refractivity contribution in [2.24, 2.45) is 0 Å². The van der Waals surface area contributed by atoms with Crippen molar-refractivity contribution in [3.8, 4) is 0 Å². The smallest absolute Gasteiger partial charge is 0.158 e. The molecule has 0 heterocycles. The molecule has 11 heavy (non-hydrogen) atoms. The van der Waals surface area contributed by atoms with Gasteiger partial charge in [0.25, 0.3) is 0 Å². The van der Waals surface area contributed by atoms with Crippen LogP contribution < -0.4 is 0 Å². The van der Waals surface area contributed by atoms with Gasteiger partial charge in [-0.05, 0) is 22.7 Å². The van der Waals surface area contributed by atoms with Gasteiger partial charge in [-0.1, -0.05) is 28.7 Å². The van der Waals surface area contributed by atoms with E-state index >= 15 is 0 Å². The topological polar surface area (TPSA) is 37.3 Å². The van der Waals surface area contributed by atoms with Gasteiger partial charge in [-0.3, -0.25) is 4.79 Å². The van der Waals surface area contributed by atoms with Gasteiger partial charge in [0.2, 0.25) is 0 Å². The van der Waals surface area contributed by atoms with Crippen LogP contribution in [0.15, 0.2) is 22.3 Å². The SMILES string of the molecule is O=C1C=C[C@](O)(C/C=C\I)C1. The first-order chi connectivity index (χ1) is 5.16. The summed E-state index contributed by atoms with van der Waals surface area (Å²) in [6.45, 7) is 0. The van der Waals surface area contributed by atoms with Gasteiger partial charge in [0.05, 0.1) is 5.60 Å². The van der Waals surface area contributed by atoms with Crippen molar-refractivity contribution in [2.45, 2.75) is 18.4 Å². The predicted octanol–water partition coefficient (Wildman–Crippen LogP) is 1.59. The number of carbonyl (C=O) groups is 1. The van der Waals surface area contributed by atoms with Crippen LogP contribution in [-0.2, 0) is 4.79 Å². The maximum atomic E-state index is 10.7. The number of rotatable bonds is 2. The maximum absolute atomic E-state index is 10.7. The number of hydrogen-bond donors (Lipinski definition) is 1. The van der Waals surface area contributed by atoms with Crippen LogP contribution in [0.25, 0.3) is 0 Å². The van der Waals surface area contributed by atoms with Gasteiger partial charge in [-0.25, -0.2) is 0 Å². The van der Waals surface area contributed by atoms with E-state index in [4.69, 9.17) is 0 Å². The highest BCUT2D eigenvalue weighted by molar-refractivity contribution is 14.1. The van der Waals surface area contributed by atoms with E-state index in [1.165, 1.54) is 6.08 Å². The highest BCUT2D eigenvalue weighted by Crippen LogP contribution is 2.24. The van der Waals surface area contributed by atoms with Crippen LogP contribution in [0.4, 0.5) is 0 Å². The van der Waals surface area contributed by atoms with Crippen LogP contribution in [-0.4, -0.2) is 16.5 Å². The molecule has 0 saturated heterocycles. The van der Waals surface area contributed by atoms with Gasteiger partial charge in [0.15, 0.2) is 5.78 Å². The summed E-state index contributed by atoms with van der Waals surface area (Å²) in [6.07, 6.45) is 5.63. The number of ketones is 1. The van der Waals surface area contributed by atoms with Gasteiger partial charge < -0.3 is 5.11 Å². The van der Waals surface area contributed by atoms with Crippen molar-refractivity contribution in [1.29, 1.82) is 0 Å². The molecule has 1 atom stereocenters. The summed E-state index contributed by atoms with van der Waals surface area (Å²) in [5.74, 6) is 0.00866. The molecule has 0 aromatic carbocycles. The lowest BCUT2D eigenvalue weighted by Crippen LogP contribution is -2.23. The maximum Gasteiger partial charge on any atom is 0.158 e. The summed E-state index contributed by atoms with van der Waals surface area (Å²) in [5.41, 5.74) is -0.904. The molecule has 3 heteroatoms. The number of aliphatic hydroxyl groups is 1. The monoisotopic (exact) mass is 264 g/mol. The Morgan fingerprint density at radius 2 is 2.55 bits per heavy atom. The van der Waals surface area contributed by atoms with E-state index < -0.39 is 5.60 Å². The Balaban J connectivity index is 2.56. The first-order valence-corrected chi connectivity index (χ1v) is 4.60. The molecule has 0 spiro atoms. The van der Waals surface area contributed by atoms with Crippen molar-refractivity contribution in [3.63, 3.8) is 0 Å². The minimum atomic E-state index is -0.904. The van der Waals surface area contributed by atoms with Gasteiger partial charge in [0.1, 0.15) is 0 Å². The summed E-state index contributed by atoms with van der Waals surface area (Å²) in [7, 11) is 0. The van der Waals surface area contributed by atoms with Crippen molar-refractivity contribution >= 4 is 28.4 Å². The first-order valence-electron chi connectivity index (χ1n) is 3.36. The van der Waals surface area contributed by atoms with Crippen LogP contribution in [0.2, 0.25) is 0 Å². The third-order valence-corrected chi connectivity index (χ3v) is 2.13. The van der Waals surface area contributed by atoms with Crippen LogP contribution in [0.1, 0.15) is 12.8 Å². The fourth-order valence-corrected chi connectivity index (χ4v) is 1.31. The summed E-state index contributed by atoms with van der Waals surface area (Å²) >= 11 is 2.09. The zero-order chi connectivity index (χ0) is 8.32. The number of hydrogen-bond acceptors (Lipinski definition) is 2. The molecule has 0 fully saturated rings. The number of carbonyl (C=O) groups excluding carboxylic acids is 1. The van der Waals surface area contributed by atoms with E-state index in [9.17, 15) is 9.90 Å². The first kappa shape index (κ1) is 8.93. The largest absolute Gasteiger partial charge is 0.385 e. The fraction of sp³-hybridized carbons (Fsp3) is 0.375. The molecule has 0 unspecified atom stereocenters. The van der Waals surface area contributed by atoms with Gasteiger partial charge in [-0.2, -0.15) is 0 Å². The second-order valence-electron chi connectivity index (χ2n) is 2.65. The third-order valence-electron chi connectivity index (χ3n) is 1.62. The molecule has 0 aromatic rings. The average Bonchev–Trinajstić information content (AvgIpc) is 2.28. The third kappa shape index (κ3) is 2.41. The number of allylic oxidation sites excluding steroid dienone is 1. The highest BCUT2D eigenvalue weighted by atomic mass is 127. The van der Waals surface area contributed by atoms with Crippen LogP contribution >= 0.6 is 22.6 Å². The molecule has 1 N–H and O–H groups in total. The highest BCUT2D eigenvalue weighted by Gasteiger charge is 2.29. The Kier molecular flexibility index (Phi) is 2.84. The van der Waals surface area contributed by atoms with Crippen molar-refractivity contribution < 1.29 is 9.90 Å². The lowest BCUT2D eigenvalue weighted by atomic mass is 9.99. The standard InChI is InChI=1S/C8H9IO2/c9-5-1-3-8(11)4-2-7(10)6-8/h1-2,4-5,11H,3,6H2/b5-1-/t8-/m1/s1. The quantitative estimate of drug-likeness (QED) is 0.769. The molecule has 60 valence electrons. The molecule has 0 bridgehead atoms. The van der Waals surface area contributed by atoms with Crippen molar-refractivity contribution in [3.05, 3.63) is 22.3 Å². The Labute approximate surface area is 79.1 Å². The summed E-state index contributed by atoms with van der Waals surface area (Å²) in [5, 5.41) is 9.63. The predicted molar refractivity (Wildman–Crippen MR) is 51.5 cm³/mol. The Hall–Kier alpha value is -0.160. The van der Waals surface area contributed by atoms with E-state index in [1.54, 1.807) is 6.08 Å². The number of halogens is 1. The molecule has 0 radical (unpaired) electrons. The fourth-order valence-electron chi connectivity index (χ4n) is 1.06. The van der Waals surface area contributed by atoms with E-state index in [0.29, 0.717) is 6.42 Å². The summed E-state index contributed by atoms with van der Waals surface area (Å²) in [6, 6.07) is 0.